The Kier molecular flexibility index (Phi) is 16.6. The summed E-state index contributed by atoms with van der Waals surface area (Å²) in [5, 5.41) is 13.4. The van der Waals surface area contributed by atoms with Gasteiger partial charge in [-0.25, -0.2) is 0 Å². The van der Waals surface area contributed by atoms with Crippen LogP contribution in [0.25, 0.3) is 32.7 Å². The van der Waals surface area contributed by atoms with Crippen molar-refractivity contribution in [2.45, 2.75) is 105 Å². The molecule has 0 spiro atoms. The van der Waals surface area contributed by atoms with E-state index in [-0.39, 0.29) is 75.1 Å². The van der Waals surface area contributed by atoms with Crippen LogP contribution in [0.15, 0.2) is 170 Å². The van der Waals surface area contributed by atoms with Gasteiger partial charge in [0.2, 0.25) is 0 Å². The van der Waals surface area contributed by atoms with Crippen molar-refractivity contribution in [3.63, 3.8) is 0 Å². The molecule has 65 heavy (non-hydrogen) atoms. The van der Waals surface area contributed by atoms with E-state index in [1.807, 2.05) is 0 Å². The maximum Gasteiger partial charge on any atom is 2.00 e. The van der Waals surface area contributed by atoms with Gasteiger partial charge in [-0.15, -0.1) is 0 Å². The summed E-state index contributed by atoms with van der Waals surface area (Å²) < 4.78 is 0. The molecule has 0 aliphatic heterocycles. The minimum absolute atomic E-state index is 0. The number of hydrogen-bond donors (Lipinski definition) is 0. The molecule has 0 aromatic heterocycles. The van der Waals surface area contributed by atoms with Gasteiger partial charge in [-0.1, -0.05) is 253 Å². The normalized spacial score (nSPS) is 12.2. The zero-order valence-corrected chi connectivity index (χ0v) is 46.9. The Balaban J connectivity index is 0.00000264. The van der Waals surface area contributed by atoms with Crippen LogP contribution in [0.5, 0.6) is 0 Å². The van der Waals surface area contributed by atoms with Gasteiger partial charge in [-0.2, -0.15) is 0 Å². The molecule has 0 nitrogen and oxygen atoms in total. The second-order valence-corrected chi connectivity index (χ2v) is 25.6. The fourth-order valence-corrected chi connectivity index (χ4v) is 13.6. The maximum absolute atomic E-state index is 2.47. The van der Waals surface area contributed by atoms with Crippen molar-refractivity contribution in [2.75, 3.05) is 0 Å². The minimum atomic E-state index is -0.983. The first-order valence-corrected chi connectivity index (χ1v) is 25.0. The van der Waals surface area contributed by atoms with Gasteiger partial charge in [-0.3, -0.25) is 0 Å². The molecule has 0 atom stereocenters. The number of benzene rings is 8. The zero-order chi connectivity index (χ0) is 44.2. The van der Waals surface area contributed by atoms with E-state index in [1.54, 1.807) is 0 Å². The van der Waals surface area contributed by atoms with Gasteiger partial charge in [0.1, 0.15) is 0 Å². The largest absolute Gasteiger partial charge is 2.00 e. The Hall–Kier alpha value is -3.28. The molecule has 0 aliphatic rings. The van der Waals surface area contributed by atoms with E-state index in [0.29, 0.717) is 0 Å². The third kappa shape index (κ3) is 11.2. The van der Waals surface area contributed by atoms with E-state index in [2.05, 4.69) is 253 Å². The number of fused-ring (bicyclic) bond motifs is 2. The van der Waals surface area contributed by atoms with Crippen LogP contribution in [-0.4, -0.2) is 0 Å². The first kappa shape index (κ1) is 52.7. The molecular weight excluding hydrogens is 1040 g/mol. The Labute approximate surface area is 427 Å². The van der Waals surface area contributed by atoms with Crippen molar-refractivity contribution in [2.24, 2.45) is 0 Å². The van der Waals surface area contributed by atoms with Crippen molar-refractivity contribution >= 4 is 69.2 Å². The smallest absolute Gasteiger partial charge is 1.00 e. The molecule has 5 heteroatoms. The molecule has 0 saturated heterocycles. The van der Waals surface area contributed by atoms with Crippen molar-refractivity contribution < 1.29 is 53.4 Å². The fourth-order valence-electron chi connectivity index (χ4n) is 8.71. The summed E-state index contributed by atoms with van der Waals surface area (Å²) in [6.45, 7) is 27.7. The van der Waals surface area contributed by atoms with Crippen LogP contribution in [0.3, 0.4) is 0 Å². The summed E-state index contributed by atoms with van der Waals surface area (Å²) in [7, 11) is -1.97. The Morgan fingerprint density at radius 1 is 0.277 bits per heavy atom. The van der Waals surface area contributed by atoms with Gasteiger partial charge >= 0.3 is 19.5 Å². The second-order valence-electron chi connectivity index (χ2n) is 21.2. The molecule has 0 N–H and O–H groups in total. The van der Waals surface area contributed by atoms with E-state index in [9.17, 15) is 0 Å². The molecule has 0 unspecified atom stereocenters. The van der Waals surface area contributed by atoms with Crippen molar-refractivity contribution in [1.82, 2.24) is 0 Å². The molecule has 8 aromatic carbocycles. The average Bonchev–Trinajstić information content (AvgIpc) is 3.23. The van der Waals surface area contributed by atoms with Crippen molar-refractivity contribution in [3.8, 4) is 11.1 Å². The molecular formula is C60H64Br2P2Ru. The summed E-state index contributed by atoms with van der Waals surface area (Å²) in [4.78, 5) is 0. The monoisotopic (exact) mass is 1110 g/mol. The summed E-state index contributed by atoms with van der Waals surface area (Å²) in [5.41, 5.74) is 8.39. The van der Waals surface area contributed by atoms with Crippen LogP contribution in [-0.2, 0) is 41.1 Å². The van der Waals surface area contributed by atoms with Crippen LogP contribution >= 0.6 is 15.8 Å². The van der Waals surface area contributed by atoms with Crippen LogP contribution in [0.1, 0.15) is 105 Å². The standard InChI is InChI=1S/C60H64P2.2BrH.Ru/c1-57(2,3)43-23-31-47(32-24-43)61(48-33-25-44(26-34-48)58(4,5)6)53-39-21-41-17-13-15-19-51(41)55(53)56-52-20-16-14-18-42(52)22-40-54(56)62(49-35-27-45(28-36-49)59(7,8)9)50-37-29-46(30-38-50)60(10,11)12;;;/h13-40H,1-12H3;2*1H;/q;;;+2/p-2. The number of halogens is 2. The molecule has 8 aromatic rings. The van der Waals surface area contributed by atoms with Crippen LogP contribution in [0, 0.1) is 0 Å². The summed E-state index contributed by atoms with van der Waals surface area (Å²) in [5.74, 6) is 0. The first-order valence-electron chi connectivity index (χ1n) is 22.4. The van der Waals surface area contributed by atoms with Crippen LogP contribution in [0.2, 0.25) is 0 Å². The molecule has 0 amide bonds. The maximum atomic E-state index is 2.47. The Bertz CT molecular complexity index is 2540. The minimum Gasteiger partial charge on any atom is -1.00 e. The topological polar surface area (TPSA) is 0 Å². The second kappa shape index (κ2) is 20.5. The average molecular weight is 1110 g/mol. The van der Waals surface area contributed by atoms with Gasteiger partial charge in [0, 0.05) is 0 Å². The van der Waals surface area contributed by atoms with E-state index in [0.717, 1.165) is 0 Å². The van der Waals surface area contributed by atoms with Gasteiger partial charge in [0.05, 0.1) is 0 Å². The molecule has 8 rings (SSSR count). The van der Waals surface area contributed by atoms with Crippen molar-refractivity contribution in [1.29, 1.82) is 0 Å². The van der Waals surface area contributed by atoms with Gasteiger partial charge in [0.15, 0.2) is 0 Å². The SMILES string of the molecule is CC(C)(C)c1ccc(P(c2ccc(C(C)(C)C)cc2)c2ccc3ccccc3c2-c2c(P(c3ccc(C(C)(C)C)cc3)c3ccc(C(C)(C)C)cc3)ccc3ccccc23)cc1.[Br-].[Br-].[Ru+2]. The third-order valence-corrected chi connectivity index (χ3v) is 17.5. The fraction of sp³-hybridized carbons (Fsp3) is 0.267. The van der Waals surface area contributed by atoms with E-state index < -0.39 is 15.8 Å². The number of hydrogen-bond acceptors (Lipinski definition) is 0. The summed E-state index contributed by atoms with van der Waals surface area (Å²) in [6, 6.07) is 66.3. The van der Waals surface area contributed by atoms with E-state index >= 15 is 0 Å². The first-order chi connectivity index (χ1) is 29.3. The summed E-state index contributed by atoms with van der Waals surface area (Å²) in [6.07, 6.45) is 0. The molecule has 0 aliphatic carbocycles. The molecule has 0 fully saturated rings. The molecule has 0 radical (unpaired) electrons. The van der Waals surface area contributed by atoms with Crippen LogP contribution in [0.4, 0.5) is 0 Å². The van der Waals surface area contributed by atoms with Gasteiger partial charge in [0.25, 0.3) is 0 Å². The molecule has 0 heterocycles. The van der Waals surface area contributed by atoms with E-state index in [4.69, 9.17) is 0 Å². The Morgan fingerprint density at radius 2 is 0.508 bits per heavy atom. The van der Waals surface area contributed by atoms with Gasteiger partial charge < -0.3 is 34.0 Å². The Morgan fingerprint density at radius 3 is 0.738 bits per heavy atom. The number of rotatable bonds is 7. The molecule has 336 valence electrons. The quantitative estimate of drug-likeness (QED) is 0.111. The van der Waals surface area contributed by atoms with E-state index in [1.165, 1.54) is 86.8 Å². The zero-order valence-electron chi connectivity index (χ0n) is 40.2. The van der Waals surface area contributed by atoms with Gasteiger partial charge in [-0.05, 0) is 124 Å². The summed E-state index contributed by atoms with van der Waals surface area (Å²) >= 11 is 0. The van der Waals surface area contributed by atoms with Crippen molar-refractivity contribution in [3.05, 3.63) is 192 Å². The molecule has 0 saturated carbocycles. The predicted molar refractivity (Wildman–Crippen MR) is 279 cm³/mol. The third-order valence-electron chi connectivity index (χ3n) is 12.5. The van der Waals surface area contributed by atoms with Crippen LogP contribution < -0.4 is 65.8 Å². The predicted octanol–water partition coefficient (Wildman–Crippen LogP) is 8.37. The molecule has 0 bridgehead atoms.